The van der Waals surface area contributed by atoms with E-state index in [4.69, 9.17) is 4.74 Å². The summed E-state index contributed by atoms with van der Waals surface area (Å²) in [7, 11) is 0. The quantitative estimate of drug-likeness (QED) is 0.306. The zero-order valence-electron chi connectivity index (χ0n) is 20.2. The van der Waals surface area contributed by atoms with Crippen molar-refractivity contribution in [2.24, 2.45) is 0 Å². The van der Waals surface area contributed by atoms with Crippen LogP contribution in [0.2, 0.25) is 0 Å². The fourth-order valence-corrected chi connectivity index (χ4v) is 6.13. The van der Waals surface area contributed by atoms with Crippen molar-refractivity contribution in [1.29, 1.82) is 0 Å². The van der Waals surface area contributed by atoms with E-state index in [0.29, 0.717) is 18.7 Å². The Morgan fingerprint density at radius 2 is 1.91 bits per heavy atom. The first-order valence-electron chi connectivity index (χ1n) is 11.4. The van der Waals surface area contributed by atoms with Crippen LogP contribution in [-0.4, -0.2) is 27.5 Å². The summed E-state index contributed by atoms with van der Waals surface area (Å²) in [5, 5.41) is 8.59. The Hall–Kier alpha value is -2.32. The lowest BCUT2D eigenvalue weighted by atomic mass is 9.76. The molecule has 2 aromatic rings. The molecule has 0 unspecified atom stereocenters. The van der Waals surface area contributed by atoms with E-state index in [2.05, 4.69) is 68.8 Å². The largest absolute Gasteiger partial charge is 0.466 e. The summed E-state index contributed by atoms with van der Waals surface area (Å²) in [4.78, 5) is 12.8. The van der Waals surface area contributed by atoms with E-state index in [1.807, 2.05) is 30.8 Å². The van der Waals surface area contributed by atoms with Gasteiger partial charge in [0.15, 0.2) is 0 Å². The van der Waals surface area contributed by atoms with Gasteiger partial charge in [0.25, 0.3) is 0 Å². The lowest BCUT2D eigenvalue weighted by Gasteiger charge is -2.42. The summed E-state index contributed by atoms with van der Waals surface area (Å²) in [5.41, 5.74) is 5.37. The molecule has 2 heterocycles. The summed E-state index contributed by atoms with van der Waals surface area (Å²) in [6, 6.07) is 8.46. The molecule has 3 rings (SSSR count). The second kappa shape index (κ2) is 10.1. The Bertz CT molecular complexity index is 1030. The van der Waals surface area contributed by atoms with E-state index >= 15 is 0 Å². The van der Waals surface area contributed by atoms with Gasteiger partial charge in [0.2, 0.25) is 0 Å². The Morgan fingerprint density at radius 3 is 2.59 bits per heavy atom. The highest BCUT2D eigenvalue weighted by Crippen LogP contribution is 2.51. The van der Waals surface area contributed by atoms with Gasteiger partial charge >= 0.3 is 5.97 Å². The number of aryl methyl sites for hydroxylation is 2. The number of carbonyl (C=O) groups is 1. The normalized spacial score (nSPS) is 15.9. The average molecular weight is 451 g/mol. The molecular weight excluding hydrogens is 416 g/mol. The van der Waals surface area contributed by atoms with Crippen molar-refractivity contribution in [1.82, 2.24) is 10.2 Å². The number of benzene rings is 1. The Balaban J connectivity index is 1.66. The molecule has 1 aromatic carbocycles. The lowest BCUT2D eigenvalue weighted by Crippen LogP contribution is -2.33. The monoisotopic (exact) mass is 450 g/mol. The highest BCUT2D eigenvalue weighted by molar-refractivity contribution is 8.00. The van der Waals surface area contributed by atoms with Crippen molar-refractivity contribution in [2.75, 3.05) is 6.61 Å². The molecule has 32 heavy (non-hydrogen) atoms. The molecule has 1 aromatic heterocycles. The van der Waals surface area contributed by atoms with Crippen molar-refractivity contribution in [3.05, 3.63) is 52.3 Å². The second-order valence-corrected chi connectivity index (χ2v) is 11.5. The molecule has 0 fully saturated rings. The minimum atomic E-state index is -0.132. The molecule has 5 heteroatoms. The number of unbranched alkanes of at least 4 members (excludes halogenated alkanes) is 1. The van der Waals surface area contributed by atoms with Crippen LogP contribution in [0.5, 0.6) is 0 Å². The zero-order valence-corrected chi connectivity index (χ0v) is 21.0. The van der Waals surface area contributed by atoms with E-state index in [9.17, 15) is 4.79 Å². The molecule has 0 saturated carbocycles. The maximum absolute atomic E-state index is 11.4. The summed E-state index contributed by atoms with van der Waals surface area (Å²) in [5.74, 6) is 6.37. The average Bonchev–Trinajstić information content (AvgIpc) is 2.69. The lowest BCUT2D eigenvalue weighted by molar-refractivity contribution is -0.143. The topological polar surface area (TPSA) is 52.1 Å². The number of aromatic nitrogens is 2. The third-order valence-electron chi connectivity index (χ3n) is 5.72. The van der Waals surface area contributed by atoms with Crippen LogP contribution in [0, 0.1) is 18.8 Å². The van der Waals surface area contributed by atoms with Crippen LogP contribution in [0.25, 0.3) is 0 Å². The molecule has 0 atom stereocenters. The smallest absolute Gasteiger partial charge is 0.305 e. The van der Waals surface area contributed by atoms with Gasteiger partial charge in [-0.3, -0.25) is 4.79 Å². The highest BCUT2D eigenvalue weighted by Gasteiger charge is 2.38. The number of esters is 1. The van der Waals surface area contributed by atoms with E-state index in [1.54, 1.807) is 0 Å². The number of nitrogens with zero attached hydrogens (tertiary/aromatic N) is 2. The Labute approximate surface area is 196 Å². The number of carbonyl (C=O) groups excluding carboxylic acids is 1. The first kappa shape index (κ1) is 24.3. The van der Waals surface area contributed by atoms with Gasteiger partial charge < -0.3 is 4.74 Å². The van der Waals surface area contributed by atoms with Gasteiger partial charge in [-0.1, -0.05) is 33.6 Å². The van der Waals surface area contributed by atoms with Gasteiger partial charge in [0, 0.05) is 21.6 Å². The van der Waals surface area contributed by atoms with E-state index < -0.39 is 0 Å². The molecule has 170 valence electrons. The summed E-state index contributed by atoms with van der Waals surface area (Å²) < 4.78 is 5.19. The minimum absolute atomic E-state index is 0.128. The molecule has 0 spiro atoms. The van der Waals surface area contributed by atoms with E-state index in [0.717, 1.165) is 36.9 Å². The third kappa shape index (κ3) is 6.36. The van der Waals surface area contributed by atoms with Crippen molar-refractivity contribution < 1.29 is 9.53 Å². The molecule has 0 saturated heterocycles. The minimum Gasteiger partial charge on any atom is -0.466 e. The Morgan fingerprint density at radius 1 is 1.12 bits per heavy atom. The van der Waals surface area contributed by atoms with Crippen LogP contribution < -0.4 is 0 Å². The van der Waals surface area contributed by atoms with Crippen LogP contribution in [0.4, 0.5) is 0 Å². The maximum Gasteiger partial charge on any atom is 0.305 e. The fourth-order valence-electron chi connectivity index (χ4n) is 4.42. The fraction of sp³-hybridized carbons (Fsp3) is 0.519. The number of hydrogen-bond donors (Lipinski definition) is 0. The summed E-state index contributed by atoms with van der Waals surface area (Å²) >= 11 is 1.97. The molecule has 0 bridgehead atoms. The van der Waals surface area contributed by atoms with Crippen LogP contribution in [0.15, 0.2) is 29.2 Å². The van der Waals surface area contributed by atoms with Crippen LogP contribution >= 0.6 is 11.8 Å². The number of hydrogen-bond acceptors (Lipinski definition) is 5. The van der Waals surface area contributed by atoms with E-state index in [-0.39, 0.29) is 16.1 Å². The van der Waals surface area contributed by atoms with Gasteiger partial charge in [-0.05, 0) is 86.3 Å². The number of fused-ring (bicyclic) bond motifs is 1. The van der Waals surface area contributed by atoms with Gasteiger partial charge in [-0.15, -0.1) is 16.9 Å². The standard InChI is InChI=1S/C27H34N2O2S/c1-7-31-25(30)11-9-8-10-21-14-15-22(29-28-21)13-12-20-17-23-24(16-19(20)2)32-27(5,6)18-26(23,3)4/h14-17H,7-11,18H2,1-6H3. The number of ether oxygens (including phenoxy) is 1. The van der Waals surface area contributed by atoms with Crippen molar-refractivity contribution in [3.63, 3.8) is 0 Å². The zero-order chi connectivity index (χ0) is 23.4. The summed E-state index contributed by atoms with van der Waals surface area (Å²) in [6.07, 6.45) is 4.08. The molecule has 4 nitrogen and oxygen atoms in total. The van der Waals surface area contributed by atoms with Gasteiger partial charge in [-0.2, -0.15) is 5.10 Å². The molecule has 0 N–H and O–H groups in total. The molecule has 1 aliphatic heterocycles. The van der Waals surface area contributed by atoms with Crippen molar-refractivity contribution in [2.45, 2.75) is 88.7 Å². The molecular formula is C27H34N2O2S. The third-order valence-corrected chi connectivity index (χ3v) is 6.98. The van der Waals surface area contributed by atoms with Crippen LogP contribution in [0.3, 0.4) is 0 Å². The SMILES string of the molecule is CCOC(=O)CCCCc1ccc(C#Cc2cc3c(cc2C)SC(C)(C)CC3(C)C)nn1. The Kier molecular flexibility index (Phi) is 7.67. The molecule has 0 amide bonds. The van der Waals surface area contributed by atoms with Crippen LogP contribution in [-0.2, 0) is 21.4 Å². The molecule has 1 aliphatic rings. The first-order valence-corrected chi connectivity index (χ1v) is 12.3. The van der Waals surface area contributed by atoms with Gasteiger partial charge in [0.05, 0.1) is 12.3 Å². The van der Waals surface area contributed by atoms with Gasteiger partial charge in [-0.25, -0.2) is 0 Å². The van der Waals surface area contributed by atoms with Gasteiger partial charge in [0.1, 0.15) is 5.69 Å². The number of rotatable bonds is 6. The molecule has 0 aliphatic carbocycles. The number of thioether (sulfide) groups is 1. The van der Waals surface area contributed by atoms with E-state index in [1.165, 1.54) is 16.0 Å². The van der Waals surface area contributed by atoms with Crippen LogP contribution in [0.1, 0.15) is 88.4 Å². The predicted molar refractivity (Wildman–Crippen MR) is 131 cm³/mol. The molecule has 0 radical (unpaired) electrons. The maximum atomic E-state index is 11.4. The predicted octanol–water partition coefficient (Wildman–Crippen LogP) is 6.01. The summed E-state index contributed by atoms with van der Waals surface area (Å²) in [6.45, 7) is 13.7. The van der Waals surface area contributed by atoms with Crippen molar-refractivity contribution >= 4 is 17.7 Å². The van der Waals surface area contributed by atoms with Crippen molar-refractivity contribution in [3.8, 4) is 11.8 Å². The first-order chi connectivity index (χ1) is 15.1. The second-order valence-electron chi connectivity index (χ2n) is 9.76. The highest BCUT2D eigenvalue weighted by atomic mass is 32.2.